The van der Waals surface area contributed by atoms with Crippen LogP contribution in [0.3, 0.4) is 0 Å². The van der Waals surface area contributed by atoms with Crippen LogP contribution in [0.1, 0.15) is 26.3 Å². The van der Waals surface area contributed by atoms with Crippen molar-refractivity contribution in [1.29, 1.82) is 0 Å². The highest BCUT2D eigenvalue weighted by molar-refractivity contribution is 6.39. The van der Waals surface area contributed by atoms with Crippen molar-refractivity contribution in [3.63, 3.8) is 0 Å². The van der Waals surface area contributed by atoms with Crippen LogP contribution in [0.4, 0.5) is 5.69 Å². The van der Waals surface area contributed by atoms with E-state index in [1.807, 2.05) is 19.0 Å². The minimum absolute atomic E-state index is 0.0158. The van der Waals surface area contributed by atoms with Crippen molar-refractivity contribution in [3.05, 3.63) is 65.2 Å². The molecule has 22 heavy (non-hydrogen) atoms. The van der Waals surface area contributed by atoms with E-state index in [1.54, 1.807) is 42.5 Å². The molecule has 0 aliphatic heterocycles. The van der Waals surface area contributed by atoms with Crippen molar-refractivity contribution in [2.75, 3.05) is 19.0 Å². The van der Waals surface area contributed by atoms with Crippen LogP contribution in [-0.4, -0.2) is 30.8 Å². The van der Waals surface area contributed by atoms with Gasteiger partial charge in [-0.3, -0.25) is 9.59 Å². The van der Waals surface area contributed by atoms with E-state index in [0.29, 0.717) is 16.7 Å². The number of carbonyl (C=O) groups is 2. The van der Waals surface area contributed by atoms with Gasteiger partial charge in [-0.05, 0) is 18.2 Å². The van der Waals surface area contributed by atoms with Crippen LogP contribution in [0.2, 0.25) is 0 Å². The van der Waals surface area contributed by atoms with Crippen LogP contribution < -0.4 is 4.90 Å². The molecular weight excluding hydrogens is 278 g/mol. The Morgan fingerprint density at radius 2 is 1.59 bits per heavy atom. The summed E-state index contributed by atoms with van der Waals surface area (Å²) in [6.07, 6.45) is 1.30. The first-order valence-corrected chi connectivity index (χ1v) is 6.89. The van der Waals surface area contributed by atoms with Crippen molar-refractivity contribution in [1.82, 2.24) is 0 Å². The summed E-state index contributed by atoms with van der Waals surface area (Å²) >= 11 is 0. The molecule has 2 aromatic carbocycles. The van der Waals surface area contributed by atoms with Crippen molar-refractivity contribution in [3.8, 4) is 5.75 Å². The molecule has 0 radical (unpaired) electrons. The van der Waals surface area contributed by atoms with E-state index in [2.05, 4.69) is 0 Å². The Morgan fingerprint density at radius 3 is 2.23 bits per heavy atom. The molecule has 1 aliphatic carbocycles. The topological polar surface area (TPSA) is 57.6 Å². The van der Waals surface area contributed by atoms with Crippen LogP contribution in [0.5, 0.6) is 5.75 Å². The number of hydrogen-bond acceptors (Lipinski definition) is 4. The molecule has 1 aliphatic rings. The van der Waals surface area contributed by atoms with E-state index in [4.69, 9.17) is 0 Å². The van der Waals surface area contributed by atoms with Gasteiger partial charge in [0, 0.05) is 48.1 Å². The van der Waals surface area contributed by atoms with Gasteiger partial charge in [0.05, 0.1) is 0 Å². The number of allylic oxidation sites excluding steroid dienone is 2. The Bertz CT molecular complexity index is 819. The summed E-state index contributed by atoms with van der Waals surface area (Å²) in [7, 11) is 3.72. The quantitative estimate of drug-likeness (QED) is 0.925. The smallest absolute Gasteiger partial charge is 0.194 e. The van der Waals surface area contributed by atoms with Gasteiger partial charge in [-0.15, -0.1) is 0 Å². The highest BCUT2D eigenvalue weighted by atomic mass is 16.3. The van der Waals surface area contributed by atoms with Crippen molar-refractivity contribution in [2.24, 2.45) is 0 Å². The number of rotatable bonds is 2. The molecule has 0 bridgehead atoms. The fourth-order valence-electron chi connectivity index (χ4n) is 2.54. The minimum atomic E-state index is -0.247. The number of nitrogens with zero attached hydrogens (tertiary/aromatic N) is 1. The zero-order valence-corrected chi connectivity index (χ0v) is 12.3. The van der Waals surface area contributed by atoms with E-state index in [9.17, 15) is 14.7 Å². The molecule has 0 amide bonds. The van der Waals surface area contributed by atoms with Gasteiger partial charge in [-0.2, -0.15) is 0 Å². The average Bonchev–Trinajstić information content (AvgIpc) is 2.51. The lowest BCUT2D eigenvalue weighted by molar-refractivity contribution is 0.100. The van der Waals surface area contributed by atoms with E-state index in [1.165, 1.54) is 6.08 Å². The van der Waals surface area contributed by atoms with Gasteiger partial charge in [-0.25, -0.2) is 0 Å². The van der Waals surface area contributed by atoms with Gasteiger partial charge in [0.2, 0.25) is 0 Å². The molecule has 0 fully saturated rings. The summed E-state index contributed by atoms with van der Waals surface area (Å²) in [5.74, 6) is -0.484. The third kappa shape index (κ3) is 2.19. The van der Waals surface area contributed by atoms with Gasteiger partial charge >= 0.3 is 0 Å². The second-order valence-electron chi connectivity index (χ2n) is 5.39. The van der Waals surface area contributed by atoms with Crippen molar-refractivity contribution in [2.45, 2.75) is 0 Å². The molecule has 4 heteroatoms. The van der Waals surface area contributed by atoms with E-state index >= 15 is 0 Å². The molecule has 3 rings (SSSR count). The van der Waals surface area contributed by atoms with Crippen LogP contribution in [0, 0.1) is 0 Å². The number of anilines is 1. The number of fused-ring (bicyclic) bond motifs is 1. The number of ketones is 2. The standard InChI is InChI=1S/C18H15NO3/c1-19(2)11-7-8-13(16(20)9-11)15-10-17(21)12-5-3-4-6-14(12)18(15)22/h3-10,20H,1-2H3. The molecule has 0 aromatic heterocycles. The summed E-state index contributed by atoms with van der Waals surface area (Å²) < 4.78 is 0. The monoisotopic (exact) mass is 293 g/mol. The predicted octanol–water partition coefficient (Wildman–Crippen LogP) is 2.92. The molecule has 0 saturated carbocycles. The number of phenols is 1. The van der Waals surface area contributed by atoms with E-state index < -0.39 is 0 Å². The summed E-state index contributed by atoms with van der Waals surface area (Å²) in [6, 6.07) is 11.8. The Balaban J connectivity index is 2.11. The highest BCUT2D eigenvalue weighted by Gasteiger charge is 2.27. The maximum absolute atomic E-state index is 12.6. The molecule has 0 unspecified atom stereocenters. The zero-order valence-electron chi connectivity index (χ0n) is 12.3. The number of aromatic hydroxyl groups is 1. The summed E-state index contributed by atoms with van der Waals surface area (Å²) in [5, 5.41) is 10.2. The van der Waals surface area contributed by atoms with Crippen LogP contribution in [-0.2, 0) is 0 Å². The summed E-state index contributed by atoms with van der Waals surface area (Å²) in [6.45, 7) is 0. The molecule has 0 saturated heterocycles. The minimum Gasteiger partial charge on any atom is -0.507 e. The van der Waals surface area contributed by atoms with Crippen molar-refractivity contribution < 1.29 is 14.7 Å². The molecule has 110 valence electrons. The number of phenolic OH excluding ortho intramolecular Hbond substituents is 1. The Labute approximate surface area is 128 Å². The average molecular weight is 293 g/mol. The Hall–Kier alpha value is -2.88. The SMILES string of the molecule is CN(C)c1ccc(C2=CC(=O)c3ccccc3C2=O)c(O)c1. The molecule has 0 heterocycles. The number of benzene rings is 2. The molecule has 4 nitrogen and oxygen atoms in total. The maximum atomic E-state index is 12.6. The molecule has 0 spiro atoms. The third-order valence-corrected chi connectivity index (χ3v) is 3.75. The van der Waals surface area contributed by atoms with Gasteiger partial charge in [0.1, 0.15) is 5.75 Å². The molecular formula is C18H15NO3. The Morgan fingerprint density at radius 1 is 0.909 bits per heavy atom. The number of carbonyl (C=O) groups excluding carboxylic acids is 2. The normalized spacial score (nSPS) is 13.6. The maximum Gasteiger partial charge on any atom is 0.194 e. The zero-order chi connectivity index (χ0) is 15.9. The van der Waals surface area contributed by atoms with Gasteiger partial charge in [-0.1, -0.05) is 24.3 Å². The molecule has 2 aromatic rings. The van der Waals surface area contributed by atoms with Gasteiger partial charge < -0.3 is 10.0 Å². The fraction of sp³-hybridized carbons (Fsp3) is 0.111. The molecule has 1 N–H and O–H groups in total. The predicted molar refractivity (Wildman–Crippen MR) is 85.5 cm³/mol. The second kappa shape index (κ2) is 5.15. The highest BCUT2D eigenvalue weighted by Crippen LogP contribution is 2.34. The fourth-order valence-corrected chi connectivity index (χ4v) is 2.54. The van der Waals surface area contributed by atoms with Crippen LogP contribution in [0.15, 0.2) is 48.5 Å². The second-order valence-corrected chi connectivity index (χ2v) is 5.39. The lowest BCUT2D eigenvalue weighted by Crippen LogP contribution is -2.16. The van der Waals surface area contributed by atoms with Gasteiger partial charge in [0.15, 0.2) is 11.6 Å². The van der Waals surface area contributed by atoms with Crippen LogP contribution >= 0.6 is 0 Å². The summed E-state index contributed by atoms with van der Waals surface area (Å²) in [4.78, 5) is 26.6. The first kappa shape index (κ1) is 14.1. The molecule has 0 atom stereocenters. The third-order valence-electron chi connectivity index (χ3n) is 3.75. The first-order valence-electron chi connectivity index (χ1n) is 6.89. The lowest BCUT2D eigenvalue weighted by Gasteiger charge is -2.18. The van der Waals surface area contributed by atoms with Gasteiger partial charge in [0.25, 0.3) is 0 Å². The van der Waals surface area contributed by atoms with Crippen LogP contribution in [0.25, 0.3) is 5.57 Å². The van der Waals surface area contributed by atoms with E-state index in [0.717, 1.165) is 5.69 Å². The first-order chi connectivity index (χ1) is 10.5. The Kier molecular flexibility index (Phi) is 3.29. The van der Waals surface area contributed by atoms with Crippen molar-refractivity contribution >= 4 is 22.8 Å². The summed E-state index contributed by atoms with van der Waals surface area (Å²) in [5.41, 5.74) is 2.20. The lowest BCUT2D eigenvalue weighted by atomic mass is 9.86. The number of Topliss-reactive ketones (excluding diaryl/α,β-unsaturated/α-hetero) is 1. The largest absolute Gasteiger partial charge is 0.507 e. The van der Waals surface area contributed by atoms with E-state index in [-0.39, 0.29) is 22.9 Å². The number of hydrogen-bond donors (Lipinski definition) is 1.